The van der Waals surface area contributed by atoms with Crippen LogP contribution in [0.1, 0.15) is 36.5 Å². The molecule has 5 nitrogen and oxygen atoms in total. The van der Waals surface area contributed by atoms with Crippen molar-refractivity contribution in [2.75, 3.05) is 24.5 Å². The lowest BCUT2D eigenvalue weighted by molar-refractivity contribution is 0.0988. The maximum absolute atomic E-state index is 13.3. The van der Waals surface area contributed by atoms with Crippen LogP contribution in [0.2, 0.25) is 0 Å². The Balaban J connectivity index is 1.65. The van der Waals surface area contributed by atoms with Gasteiger partial charge in [0.15, 0.2) is 0 Å². The number of amides is 1. The minimum absolute atomic E-state index is 0.185. The second-order valence-electron chi connectivity index (χ2n) is 7.57. The summed E-state index contributed by atoms with van der Waals surface area (Å²) in [5.74, 6) is -0.205. The number of carbonyl (C=O) groups excluding carboxylic acids is 1. The zero-order valence-corrected chi connectivity index (χ0v) is 17.9. The topological polar surface area (TPSA) is 57.7 Å². The first kappa shape index (κ1) is 20.6. The standard InChI is InChI=1S/C24H26N2O3S/c1-2-26(22-14-13-19-9-4-5-10-20(19)17-22)24(27)21-11-8-12-23(18-21)30(28,29)25-15-6-3-7-16-25/h4-5,8-14,17-18H,2-3,6-7,15-16H2,1H3. The Labute approximate surface area is 178 Å². The smallest absolute Gasteiger partial charge is 0.258 e. The molecule has 1 fully saturated rings. The number of piperidine rings is 1. The van der Waals surface area contributed by atoms with Gasteiger partial charge in [-0.2, -0.15) is 4.31 Å². The minimum atomic E-state index is -3.58. The van der Waals surface area contributed by atoms with Gasteiger partial charge in [0, 0.05) is 30.9 Å². The lowest BCUT2D eigenvalue weighted by Gasteiger charge is -2.26. The number of benzene rings is 3. The van der Waals surface area contributed by atoms with E-state index in [1.165, 1.54) is 10.4 Å². The molecule has 0 saturated carbocycles. The van der Waals surface area contributed by atoms with E-state index in [4.69, 9.17) is 0 Å². The minimum Gasteiger partial charge on any atom is -0.309 e. The molecule has 4 rings (SSSR count). The second kappa shape index (κ2) is 8.58. The Morgan fingerprint density at radius 2 is 1.63 bits per heavy atom. The van der Waals surface area contributed by atoms with Crippen LogP contribution in [-0.2, 0) is 10.0 Å². The van der Waals surface area contributed by atoms with E-state index in [2.05, 4.69) is 0 Å². The van der Waals surface area contributed by atoms with Crippen molar-refractivity contribution in [1.29, 1.82) is 0 Å². The molecule has 0 bridgehead atoms. The molecule has 1 aliphatic heterocycles. The summed E-state index contributed by atoms with van der Waals surface area (Å²) in [6.07, 6.45) is 2.81. The average molecular weight is 423 g/mol. The van der Waals surface area contributed by atoms with Crippen molar-refractivity contribution < 1.29 is 13.2 Å². The molecule has 0 unspecified atom stereocenters. The van der Waals surface area contributed by atoms with Gasteiger partial charge in [-0.25, -0.2) is 8.42 Å². The largest absolute Gasteiger partial charge is 0.309 e. The van der Waals surface area contributed by atoms with Gasteiger partial charge >= 0.3 is 0 Å². The van der Waals surface area contributed by atoms with Gasteiger partial charge in [0.2, 0.25) is 10.0 Å². The van der Waals surface area contributed by atoms with Crippen LogP contribution in [0.3, 0.4) is 0 Å². The van der Waals surface area contributed by atoms with Crippen LogP contribution in [0.4, 0.5) is 5.69 Å². The van der Waals surface area contributed by atoms with Gasteiger partial charge in [-0.3, -0.25) is 4.79 Å². The van der Waals surface area contributed by atoms with Gasteiger partial charge < -0.3 is 4.90 Å². The van der Waals surface area contributed by atoms with Crippen LogP contribution < -0.4 is 4.90 Å². The van der Waals surface area contributed by atoms with E-state index >= 15 is 0 Å². The molecule has 1 saturated heterocycles. The summed E-state index contributed by atoms with van der Waals surface area (Å²) in [5, 5.41) is 2.17. The quantitative estimate of drug-likeness (QED) is 0.600. The summed E-state index contributed by atoms with van der Waals surface area (Å²) < 4.78 is 27.6. The van der Waals surface area contributed by atoms with E-state index in [0.717, 1.165) is 35.7 Å². The molecule has 1 heterocycles. The van der Waals surface area contributed by atoms with Crippen LogP contribution in [0, 0.1) is 0 Å². The third-order valence-electron chi connectivity index (χ3n) is 5.64. The molecule has 0 aliphatic carbocycles. The number of hydrogen-bond acceptors (Lipinski definition) is 3. The molecule has 0 N–H and O–H groups in total. The summed E-state index contributed by atoms with van der Waals surface area (Å²) in [5.41, 5.74) is 1.17. The highest BCUT2D eigenvalue weighted by Crippen LogP contribution is 2.25. The number of nitrogens with zero attached hydrogens (tertiary/aromatic N) is 2. The fraction of sp³-hybridized carbons (Fsp3) is 0.292. The number of sulfonamides is 1. The fourth-order valence-corrected chi connectivity index (χ4v) is 5.55. The Bertz CT molecular complexity index is 1170. The summed E-state index contributed by atoms with van der Waals surface area (Å²) in [6, 6.07) is 20.3. The van der Waals surface area contributed by atoms with Crippen molar-refractivity contribution >= 4 is 32.4 Å². The third-order valence-corrected chi connectivity index (χ3v) is 7.53. The average Bonchev–Trinajstić information content (AvgIpc) is 2.80. The molecule has 6 heteroatoms. The van der Waals surface area contributed by atoms with Crippen molar-refractivity contribution in [1.82, 2.24) is 4.31 Å². The molecule has 3 aromatic rings. The monoisotopic (exact) mass is 422 g/mol. The van der Waals surface area contributed by atoms with Crippen LogP contribution in [0.15, 0.2) is 71.6 Å². The number of anilines is 1. The van der Waals surface area contributed by atoms with Gasteiger partial charge in [-0.05, 0) is 60.9 Å². The number of rotatable bonds is 5. The Morgan fingerprint density at radius 1 is 0.900 bits per heavy atom. The van der Waals surface area contributed by atoms with Crippen LogP contribution in [0.25, 0.3) is 10.8 Å². The molecule has 0 aromatic heterocycles. The van der Waals surface area contributed by atoms with Gasteiger partial charge in [0.05, 0.1) is 4.90 Å². The highest BCUT2D eigenvalue weighted by Gasteiger charge is 2.27. The summed E-state index contributed by atoms with van der Waals surface area (Å²) in [4.78, 5) is 15.2. The SMILES string of the molecule is CCN(C(=O)c1cccc(S(=O)(=O)N2CCCCC2)c1)c1ccc2ccccc2c1. The van der Waals surface area contributed by atoms with Crippen LogP contribution in [0.5, 0.6) is 0 Å². The predicted octanol–water partition coefficient (Wildman–Crippen LogP) is 4.68. The first-order valence-corrected chi connectivity index (χ1v) is 11.9. The summed E-state index contributed by atoms with van der Waals surface area (Å²) in [6.45, 7) is 3.49. The van der Waals surface area contributed by atoms with Crippen molar-refractivity contribution in [3.63, 3.8) is 0 Å². The Kier molecular flexibility index (Phi) is 5.88. The first-order valence-electron chi connectivity index (χ1n) is 10.4. The van der Waals surface area contributed by atoms with Gasteiger partial charge in [-0.15, -0.1) is 0 Å². The summed E-state index contributed by atoms with van der Waals surface area (Å²) in [7, 11) is -3.58. The third kappa shape index (κ3) is 3.98. The van der Waals surface area contributed by atoms with E-state index < -0.39 is 10.0 Å². The number of hydrogen-bond donors (Lipinski definition) is 0. The normalized spacial score (nSPS) is 15.2. The van der Waals surface area contributed by atoms with Crippen molar-refractivity contribution in [3.8, 4) is 0 Å². The van der Waals surface area contributed by atoms with E-state index in [0.29, 0.717) is 25.2 Å². The molecule has 0 radical (unpaired) electrons. The van der Waals surface area contributed by atoms with Crippen molar-refractivity contribution in [2.24, 2.45) is 0 Å². The summed E-state index contributed by atoms with van der Waals surface area (Å²) >= 11 is 0. The molecule has 30 heavy (non-hydrogen) atoms. The van der Waals surface area contributed by atoms with Crippen LogP contribution >= 0.6 is 0 Å². The molecule has 3 aromatic carbocycles. The molecule has 0 atom stereocenters. The molecular weight excluding hydrogens is 396 g/mol. The number of fused-ring (bicyclic) bond motifs is 1. The lowest BCUT2D eigenvalue weighted by Crippen LogP contribution is -2.36. The maximum atomic E-state index is 13.3. The van der Waals surface area contributed by atoms with Gasteiger partial charge in [0.25, 0.3) is 5.91 Å². The molecule has 0 spiro atoms. The van der Waals surface area contributed by atoms with Crippen molar-refractivity contribution in [3.05, 3.63) is 72.3 Å². The van der Waals surface area contributed by atoms with E-state index in [-0.39, 0.29) is 10.8 Å². The van der Waals surface area contributed by atoms with Gasteiger partial charge in [0.1, 0.15) is 0 Å². The number of carbonyl (C=O) groups is 1. The highest BCUT2D eigenvalue weighted by molar-refractivity contribution is 7.89. The predicted molar refractivity (Wildman–Crippen MR) is 120 cm³/mol. The Hall–Kier alpha value is -2.70. The molecule has 1 aliphatic rings. The van der Waals surface area contributed by atoms with E-state index in [9.17, 15) is 13.2 Å². The first-order chi connectivity index (χ1) is 14.5. The maximum Gasteiger partial charge on any atom is 0.258 e. The van der Waals surface area contributed by atoms with Crippen LogP contribution in [-0.4, -0.2) is 38.3 Å². The van der Waals surface area contributed by atoms with E-state index in [1.54, 1.807) is 23.1 Å². The molecule has 156 valence electrons. The lowest BCUT2D eigenvalue weighted by atomic mass is 10.1. The van der Waals surface area contributed by atoms with Crippen molar-refractivity contribution in [2.45, 2.75) is 31.1 Å². The Morgan fingerprint density at radius 3 is 2.37 bits per heavy atom. The zero-order chi connectivity index (χ0) is 21.1. The fourth-order valence-electron chi connectivity index (χ4n) is 3.99. The van der Waals surface area contributed by atoms with E-state index in [1.807, 2.05) is 49.4 Å². The molecule has 1 amide bonds. The second-order valence-corrected chi connectivity index (χ2v) is 9.51. The van der Waals surface area contributed by atoms with Gasteiger partial charge in [-0.1, -0.05) is 42.8 Å². The highest BCUT2D eigenvalue weighted by atomic mass is 32.2. The molecular formula is C24H26N2O3S. The zero-order valence-electron chi connectivity index (χ0n) is 17.1.